The Hall–Kier alpha value is -2.58. The number of nitriles is 1. The summed E-state index contributed by atoms with van der Waals surface area (Å²) in [6.45, 7) is 2.04. The van der Waals surface area contributed by atoms with E-state index in [4.69, 9.17) is 14.4 Å². The molecule has 0 saturated carbocycles. The van der Waals surface area contributed by atoms with Gasteiger partial charge in [-0.3, -0.25) is 4.79 Å². The molecule has 1 amide bonds. The Bertz CT molecular complexity index is 647. The largest absolute Gasteiger partial charge is 0.467 e. The minimum absolute atomic E-state index is 0.0262. The number of hydrogen-bond donors (Lipinski definition) is 0. The summed E-state index contributed by atoms with van der Waals surface area (Å²) in [5.74, 6) is 0.753. The van der Waals surface area contributed by atoms with Crippen molar-refractivity contribution in [3.63, 3.8) is 0 Å². The van der Waals surface area contributed by atoms with E-state index in [1.165, 1.54) is 5.56 Å². The van der Waals surface area contributed by atoms with Crippen molar-refractivity contribution in [3.05, 3.63) is 60.1 Å². The maximum absolute atomic E-state index is 12.3. The van der Waals surface area contributed by atoms with Crippen LogP contribution in [0.4, 0.5) is 0 Å². The lowest BCUT2D eigenvalue weighted by atomic mass is 10.2. The zero-order valence-electron chi connectivity index (χ0n) is 14.4. The highest BCUT2D eigenvalue weighted by atomic mass is 16.5. The summed E-state index contributed by atoms with van der Waals surface area (Å²) in [6.07, 6.45) is 3.87. The first-order valence-electron chi connectivity index (χ1n) is 8.58. The first-order chi connectivity index (χ1) is 12.3. The van der Waals surface area contributed by atoms with Crippen LogP contribution in [0.3, 0.4) is 0 Å². The number of carbonyl (C=O) groups is 1. The van der Waals surface area contributed by atoms with Crippen molar-refractivity contribution in [2.24, 2.45) is 0 Å². The molecule has 0 saturated heterocycles. The van der Waals surface area contributed by atoms with Crippen molar-refractivity contribution < 1.29 is 13.9 Å². The van der Waals surface area contributed by atoms with Crippen LogP contribution in [0.15, 0.2) is 53.1 Å². The SMILES string of the molecule is N#CCCN(Cc1ccco1)C(=O)CCCOCCc1ccccc1. The van der Waals surface area contributed by atoms with Crippen LogP contribution >= 0.6 is 0 Å². The molecular formula is C20H24N2O3. The van der Waals surface area contributed by atoms with Crippen LogP contribution in [0.2, 0.25) is 0 Å². The van der Waals surface area contributed by atoms with E-state index in [0.717, 1.165) is 12.2 Å². The lowest BCUT2D eigenvalue weighted by molar-refractivity contribution is -0.132. The minimum atomic E-state index is 0.0262. The van der Waals surface area contributed by atoms with Crippen LogP contribution in [-0.4, -0.2) is 30.6 Å². The Morgan fingerprint density at radius 3 is 2.72 bits per heavy atom. The van der Waals surface area contributed by atoms with Gasteiger partial charge in [0.15, 0.2) is 0 Å². The molecule has 0 bridgehead atoms. The predicted molar refractivity (Wildman–Crippen MR) is 94.6 cm³/mol. The second kappa shape index (κ2) is 11.1. The average molecular weight is 340 g/mol. The van der Waals surface area contributed by atoms with E-state index in [-0.39, 0.29) is 5.91 Å². The Kier molecular flexibility index (Phi) is 8.30. The van der Waals surface area contributed by atoms with E-state index in [9.17, 15) is 4.79 Å². The van der Waals surface area contributed by atoms with Crippen LogP contribution in [0, 0.1) is 11.3 Å². The molecule has 0 radical (unpaired) electrons. The second-order valence-corrected chi connectivity index (χ2v) is 5.75. The fourth-order valence-corrected chi connectivity index (χ4v) is 2.49. The second-order valence-electron chi connectivity index (χ2n) is 5.75. The van der Waals surface area contributed by atoms with Gasteiger partial charge in [0.25, 0.3) is 0 Å². The van der Waals surface area contributed by atoms with Crippen molar-refractivity contribution >= 4 is 5.91 Å². The molecule has 2 rings (SSSR count). The zero-order chi connectivity index (χ0) is 17.7. The molecular weight excluding hydrogens is 316 g/mol. The Balaban J connectivity index is 1.65. The van der Waals surface area contributed by atoms with Crippen molar-refractivity contribution in [3.8, 4) is 6.07 Å². The molecule has 5 nitrogen and oxygen atoms in total. The normalized spacial score (nSPS) is 10.4. The third-order valence-electron chi connectivity index (χ3n) is 3.83. The highest BCUT2D eigenvalue weighted by Crippen LogP contribution is 2.09. The first kappa shape index (κ1) is 18.8. The standard InChI is InChI=1S/C20H24N2O3/c21-12-6-13-22(17-19-9-4-15-25-19)20(23)10-5-14-24-16-11-18-7-2-1-3-8-18/h1-4,7-9,15H,5-6,10-11,13-14,16-17H2. The summed E-state index contributed by atoms with van der Waals surface area (Å²) in [4.78, 5) is 14.0. The highest BCUT2D eigenvalue weighted by molar-refractivity contribution is 5.76. The van der Waals surface area contributed by atoms with E-state index in [2.05, 4.69) is 18.2 Å². The topological polar surface area (TPSA) is 66.5 Å². The van der Waals surface area contributed by atoms with Crippen LogP contribution in [0.25, 0.3) is 0 Å². The fraction of sp³-hybridized carbons (Fsp3) is 0.400. The van der Waals surface area contributed by atoms with Gasteiger partial charge in [0.1, 0.15) is 5.76 Å². The van der Waals surface area contributed by atoms with Crippen LogP contribution in [0.1, 0.15) is 30.6 Å². The van der Waals surface area contributed by atoms with Crippen molar-refractivity contribution in [2.45, 2.75) is 32.2 Å². The Morgan fingerprint density at radius 1 is 1.16 bits per heavy atom. The maximum atomic E-state index is 12.3. The molecule has 0 spiro atoms. The Morgan fingerprint density at radius 2 is 2.00 bits per heavy atom. The molecule has 1 aromatic carbocycles. The maximum Gasteiger partial charge on any atom is 0.223 e. The molecule has 0 unspecified atom stereocenters. The summed E-state index contributed by atoms with van der Waals surface area (Å²) >= 11 is 0. The molecule has 0 fully saturated rings. The molecule has 1 heterocycles. The summed E-state index contributed by atoms with van der Waals surface area (Å²) in [6, 6.07) is 15.9. The van der Waals surface area contributed by atoms with Gasteiger partial charge in [-0.15, -0.1) is 0 Å². The summed E-state index contributed by atoms with van der Waals surface area (Å²) in [5.41, 5.74) is 1.25. The molecule has 1 aromatic heterocycles. The molecule has 25 heavy (non-hydrogen) atoms. The van der Waals surface area contributed by atoms with Gasteiger partial charge >= 0.3 is 0 Å². The summed E-state index contributed by atoms with van der Waals surface area (Å²) in [5, 5.41) is 8.76. The summed E-state index contributed by atoms with van der Waals surface area (Å²) < 4.78 is 10.9. The minimum Gasteiger partial charge on any atom is -0.467 e. The van der Waals surface area contributed by atoms with Crippen molar-refractivity contribution in [1.29, 1.82) is 5.26 Å². The van der Waals surface area contributed by atoms with Crippen molar-refractivity contribution in [1.82, 2.24) is 4.90 Å². The molecule has 0 aliphatic heterocycles. The average Bonchev–Trinajstić information content (AvgIpc) is 3.15. The molecule has 0 aliphatic carbocycles. The van der Waals surface area contributed by atoms with Gasteiger partial charge in [0.2, 0.25) is 5.91 Å². The third kappa shape index (κ3) is 7.23. The van der Waals surface area contributed by atoms with Crippen LogP contribution in [-0.2, 0) is 22.5 Å². The molecule has 2 aromatic rings. The van der Waals surface area contributed by atoms with E-state index >= 15 is 0 Å². The molecule has 0 aliphatic rings. The highest BCUT2D eigenvalue weighted by Gasteiger charge is 2.14. The number of amides is 1. The molecule has 5 heteroatoms. The third-order valence-corrected chi connectivity index (χ3v) is 3.83. The summed E-state index contributed by atoms with van der Waals surface area (Å²) in [7, 11) is 0. The number of ether oxygens (including phenoxy) is 1. The van der Waals surface area contributed by atoms with E-state index in [1.54, 1.807) is 17.2 Å². The number of benzene rings is 1. The van der Waals surface area contributed by atoms with E-state index < -0.39 is 0 Å². The first-order valence-corrected chi connectivity index (χ1v) is 8.58. The van der Waals surface area contributed by atoms with E-state index in [1.807, 2.05) is 24.3 Å². The van der Waals surface area contributed by atoms with Gasteiger partial charge < -0.3 is 14.1 Å². The number of nitrogens with zero attached hydrogens (tertiary/aromatic N) is 2. The number of carbonyl (C=O) groups excluding carboxylic acids is 1. The van der Waals surface area contributed by atoms with Crippen molar-refractivity contribution in [2.75, 3.05) is 19.8 Å². The number of rotatable bonds is 11. The van der Waals surface area contributed by atoms with Gasteiger partial charge in [-0.25, -0.2) is 0 Å². The predicted octanol–water partition coefficient (Wildman–Crippen LogP) is 3.56. The zero-order valence-corrected chi connectivity index (χ0v) is 14.4. The smallest absolute Gasteiger partial charge is 0.223 e. The van der Waals surface area contributed by atoms with Gasteiger partial charge in [0.05, 0.1) is 31.9 Å². The molecule has 0 N–H and O–H groups in total. The van der Waals surface area contributed by atoms with Gasteiger partial charge in [-0.2, -0.15) is 5.26 Å². The molecule has 0 atom stereocenters. The lowest BCUT2D eigenvalue weighted by Crippen LogP contribution is -2.31. The lowest BCUT2D eigenvalue weighted by Gasteiger charge is -2.20. The van der Waals surface area contributed by atoms with Gasteiger partial charge in [-0.1, -0.05) is 30.3 Å². The van der Waals surface area contributed by atoms with Crippen LogP contribution < -0.4 is 0 Å². The fourth-order valence-electron chi connectivity index (χ4n) is 2.49. The van der Waals surface area contributed by atoms with E-state index in [0.29, 0.717) is 45.6 Å². The Labute approximate surface area is 148 Å². The number of furan rings is 1. The van der Waals surface area contributed by atoms with Gasteiger partial charge in [0, 0.05) is 19.6 Å². The van der Waals surface area contributed by atoms with Crippen LogP contribution in [0.5, 0.6) is 0 Å². The molecule has 132 valence electrons. The monoisotopic (exact) mass is 340 g/mol. The quantitative estimate of drug-likeness (QED) is 0.587. The number of hydrogen-bond acceptors (Lipinski definition) is 4. The van der Waals surface area contributed by atoms with Gasteiger partial charge in [-0.05, 0) is 30.5 Å².